The molecule has 2 nitrogen and oxygen atoms in total. The summed E-state index contributed by atoms with van der Waals surface area (Å²) >= 11 is 3.43. The van der Waals surface area contributed by atoms with E-state index in [1.54, 1.807) is 0 Å². The van der Waals surface area contributed by atoms with Crippen LogP contribution in [0.15, 0.2) is 46.9 Å². The van der Waals surface area contributed by atoms with Crippen molar-refractivity contribution in [3.05, 3.63) is 63.6 Å². The van der Waals surface area contributed by atoms with Gasteiger partial charge in [0.15, 0.2) is 5.78 Å². The maximum atomic E-state index is 12.6. The molecule has 0 amide bonds. The van der Waals surface area contributed by atoms with Gasteiger partial charge in [-0.1, -0.05) is 40.2 Å². The van der Waals surface area contributed by atoms with Crippen LogP contribution in [0.3, 0.4) is 0 Å². The Balaban J connectivity index is 1.74. The molecule has 22 heavy (non-hydrogen) atoms. The predicted molar refractivity (Wildman–Crippen MR) is 89.5 cm³/mol. The number of fused-ring (bicyclic) bond motifs is 2. The Morgan fingerprint density at radius 2 is 1.86 bits per heavy atom. The molecule has 0 aromatic heterocycles. The molecule has 2 aromatic rings. The van der Waals surface area contributed by atoms with Crippen molar-refractivity contribution in [2.45, 2.75) is 37.7 Å². The van der Waals surface area contributed by atoms with E-state index >= 15 is 0 Å². The van der Waals surface area contributed by atoms with Gasteiger partial charge in [0, 0.05) is 10.9 Å². The van der Waals surface area contributed by atoms with Crippen LogP contribution in [-0.2, 0) is 12.8 Å². The van der Waals surface area contributed by atoms with Crippen LogP contribution >= 0.6 is 15.9 Å². The first-order valence-electron chi connectivity index (χ1n) is 7.74. The van der Waals surface area contributed by atoms with Gasteiger partial charge in [-0.05, 0) is 48.6 Å². The Hall–Kier alpha value is -1.61. The lowest BCUT2D eigenvalue weighted by Crippen LogP contribution is -2.43. The summed E-state index contributed by atoms with van der Waals surface area (Å²) in [5, 5.41) is 0. The Labute approximate surface area is 138 Å². The van der Waals surface area contributed by atoms with E-state index in [1.807, 2.05) is 18.2 Å². The monoisotopic (exact) mass is 356 g/mol. The molecule has 0 bridgehead atoms. The van der Waals surface area contributed by atoms with Crippen molar-refractivity contribution in [2.75, 3.05) is 0 Å². The van der Waals surface area contributed by atoms with Crippen molar-refractivity contribution in [1.29, 1.82) is 0 Å². The number of hydrogen-bond acceptors (Lipinski definition) is 2. The van der Waals surface area contributed by atoms with Crippen molar-refractivity contribution in [3.63, 3.8) is 0 Å². The average molecular weight is 357 g/mol. The summed E-state index contributed by atoms with van der Waals surface area (Å²) in [6, 6.07) is 14.3. The van der Waals surface area contributed by atoms with Crippen LogP contribution in [0.1, 0.15) is 40.7 Å². The second-order valence-electron chi connectivity index (χ2n) is 6.32. The van der Waals surface area contributed by atoms with Gasteiger partial charge in [-0.25, -0.2) is 0 Å². The molecule has 3 heteroatoms. The Bertz CT molecular complexity index is 753. The molecule has 1 unspecified atom stereocenters. The molecular formula is C19H17BrO2. The molecule has 2 aromatic carbocycles. The number of ketones is 1. The zero-order valence-corrected chi connectivity index (χ0v) is 13.9. The molecule has 1 aliphatic heterocycles. The summed E-state index contributed by atoms with van der Waals surface area (Å²) in [5.74, 6) is 0.931. The zero-order valence-electron chi connectivity index (χ0n) is 12.3. The average Bonchev–Trinajstić information content (AvgIpc) is 2.67. The highest BCUT2D eigenvalue weighted by molar-refractivity contribution is 9.10. The van der Waals surface area contributed by atoms with E-state index in [2.05, 4.69) is 40.2 Å². The number of aryl methyl sites for hydroxylation is 1. The van der Waals surface area contributed by atoms with Crippen LogP contribution in [-0.4, -0.2) is 11.4 Å². The largest absolute Gasteiger partial charge is 0.486 e. The number of Topliss-reactive ketones (excluding diaryl/α,β-unsaturated/α-hetero) is 1. The third kappa shape index (κ3) is 2.38. The van der Waals surface area contributed by atoms with Gasteiger partial charge in [-0.3, -0.25) is 4.79 Å². The fraction of sp³-hybridized carbons (Fsp3) is 0.316. The lowest BCUT2D eigenvalue weighted by atomic mass is 9.83. The minimum absolute atomic E-state index is 0.196. The number of carbonyl (C=O) groups excluding carboxylic acids is 1. The second-order valence-corrected chi connectivity index (χ2v) is 7.24. The summed E-state index contributed by atoms with van der Waals surface area (Å²) in [6.45, 7) is 0. The van der Waals surface area contributed by atoms with Crippen LogP contribution < -0.4 is 4.74 Å². The molecule has 0 saturated carbocycles. The van der Waals surface area contributed by atoms with E-state index in [0.29, 0.717) is 12.0 Å². The van der Waals surface area contributed by atoms with Crippen LogP contribution in [0.2, 0.25) is 0 Å². The molecule has 0 saturated heterocycles. The lowest BCUT2D eigenvalue weighted by molar-refractivity contribution is 0.0349. The first-order valence-corrected chi connectivity index (χ1v) is 8.53. The quantitative estimate of drug-likeness (QED) is 0.681. The highest BCUT2D eigenvalue weighted by atomic mass is 79.9. The summed E-state index contributed by atoms with van der Waals surface area (Å²) in [4.78, 5) is 12.6. The molecule has 2 aliphatic rings. The summed E-state index contributed by atoms with van der Waals surface area (Å²) in [5.41, 5.74) is 3.06. The number of benzene rings is 2. The molecule has 1 aliphatic carbocycles. The number of hydrogen-bond donors (Lipinski definition) is 0. The predicted octanol–water partition coefficient (Wildman–Crippen LogP) is 4.73. The molecule has 0 radical (unpaired) electrons. The van der Waals surface area contributed by atoms with Gasteiger partial charge in [0.25, 0.3) is 0 Å². The third-order valence-corrected chi connectivity index (χ3v) is 5.25. The maximum absolute atomic E-state index is 12.6. The van der Waals surface area contributed by atoms with Gasteiger partial charge < -0.3 is 4.74 Å². The van der Waals surface area contributed by atoms with Crippen molar-refractivity contribution >= 4 is 21.7 Å². The van der Waals surface area contributed by atoms with E-state index < -0.39 is 0 Å². The molecule has 0 fully saturated rings. The highest BCUT2D eigenvalue weighted by Crippen LogP contribution is 2.41. The van der Waals surface area contributed by atoms with Gasteiger partial charge in [-0.15, -0.1) is 0 Å². The Morgan fingerprint density at radius 1 is 1.05 bits per heavy atom. The van der Waals surface area contributed by atoms with Crippen molar-refractivity contribution in [2.24, 2.45) is 0 Å². The number of carbonyl (C=O) groups is 1. The smallest absolute Gasteiger partial charge is 0.170 e. The first-order chi connectivity index (χ1) is 10.7. The van der Waals surface area contributed by atoms with Crippen LogP contribution in [0.4, 0.5) is 0 Å². The van der Waals surface area contributed by atoms with E-state index in [0.717, 1.165) is 35.9 Å². The first kappa shape index (κ1) is 14.0. The Morgan fingerprint density at radius 3 is 2.73 bits per heavy atom. The maximum Gasteiger partial charge on any atom is 0.170 e. The SMILES string of the molecule is O=C1CC2(CCCc3ccccc3C2)Oc2ccc(Br)cc21. The molecule has 112 valence electrons. The second kappa shape index (κ2) is 5.24. The minimum Gasteiger partial charge on any atom is -0.486 e. The molecular weight excluding hydrogens is 340 g/mol. The van der Waals surface area contributed by atoms with Crippen LogP contribution in [0, 0.1) is 0 Å². The van der Waals surface area contributed by atoms with Gasteiger partial charge in [0.05, 0.1) is 12.0 Å². The molecule has 1 heterocycles. The van der Waals surface area contributed by atoms with E-state index in [-0.39, 0.29) is 11.4 Å². The van der Waals surface area contributed by atoms with E-state index in [4.69, 9.17) is 4.74 Å². The molecule has 1 atom stereocenters. The van der Waals surface area contributed by atoms with Crippen molar-refractivity contribution in [3.8, 4) is 5.75 Å². The number of rotatable bonds is 0. The van der Waals surface area contributed by atoms with E-state index in [1.165, 1.54) is 11.1 Å². The fourth-order valence-corrected chi connectivity index (χ4v) is 4.08. The number of halogens is 1. The van der Waals surface area contributed by atoms with Gasteiger partial charge in [-0.2, -0.15) is 0 Å². The van der Waals surface area contributed by atoms with Gasteiger partial charge in [0.2, 0.25) is 0 Å². The number of ether oxygens (including phenoxy) is 1. The zero-order chi connectivity index (χ0) is 15.2. The molecule has 1 spiro atoms. The van der Waals surface area contributed by atoms with Gasteiger partial charge >= 0.3 is 0 Å². The highest BCUT2D eigenvalue weighted by Gasteiger charge is 2.41. The fourth-order valence-electron chi connectivity index (χ4n) is 3.71. The summed E-state index contributed by atoms with van der Waals surface area (Å²) < 4.78 is 7.30. The van der Waals surface area contributed by atoms with Gasteiger partial charge in [0.1, 0.15) is 11.4 Å². The summed E-state index contributed by atoms with van der Waals surface area (Å²) in [7, 11) is 0. The van der Waals surface area contributed by atoms with Crippen LogP contribution in [0.5, 0.6) is 5.75 Å². The van der Waals surface area contributed by atoms with E-state index in [9.17, 15) is 4.79 Å². The topological polar surface area (TPSA) is 26.3 Å². The summed E-state index contributed by atoms with van der Waals surface area (Å²) in [6.07, 6.45) is 4.37. The lowest BCUT2D eigenvalue weighted by Gasteiger charge is -2.37. The van der Waals surface area contributed by atoms with Crippen molar-refractivity contribution < 1.29 is 9.53 Å². The molecule has 4 rings (SSSR count). The Kier molecular flexibility index (Phi) is 3.33. The van der Waals surface area contributed by atoms with Crippen LogP contribution in [0.25, 0.3) is 0 Å². The normalized spacial score (nSPS) is 23.4. The third-order valence-electron chi connectivity index (χ3n) is 4.76. The standard InChI is InChI=1S/C19H17BrO2/c20-15-7-8-18-16(10-15)17(21)12-19(22-18)9-3-6-13-4-1-2-5-14(13)11-19/h1-2,4-5,7-8,10H,3,6,9,11-12H2. The molecule has 0 N–H and O–H groups in total. The van der Waals surface area contributed by atoms with Crippen molar-refractivity contribution in [1.82, 2.24) is 0 Å². The minimum atomic E-state index is -0.371.